The quantitative estimate of drug-likeness (QED) is 0.395. The van der Waals surface area contributed by atoms with E-state index in [9.17, 15) is 18.0 Å². The van der Waals surface area contributed by atoms with Gasteiger partial charge in [-0.25, -0.2) is 0 Å². The van der Waals surface area contributed by atoms with Crippen molar-refractivity contribution < 1.29 is 13.0 Å². The first-order chi connectivity index (χ1) is 5.82. The van der Waals surface area contributed by atoms with E-state index in [0.29, 0.717) is 4.68 Å². The Morgan fingerprint density at radius 1 is 1.46 bits per heavy atom. The zero-order chi connectivity index (χ0) is 10.2. The molecule has 1 rings (SSSR count). The largest absolute Gasteiger partial charge is 0.339 e. The van der Waals surface area contributed by atoms with Crippen molar-refractivity contribution in [2.75, 3.05) is 0 Å². The smallest absolute Gasteiger partial charge is 0.279 e. The maximum atomic E-state index is 10.6. The highest BCUT2D eigenvalue weighted by Crippen LogP contribution is 1.95. The van der Waals surface area contributed by atoms with Gasteiger partial charge >= 0.3 is 21.2 Å². The molecule has 0 bridgehead atoms. The predicted octanol–water partition coefficient (Wildman–Crippen LogP) is -2.28. The molecule has 0 unspecified atom stereocenters. The van der Waals surface area contributed by atoms with Gasteiger partial charge in [0.1, 0.15) is 0 Å². The van der Waals surface area contributed by atoms with Gasteiger partial charge in [-0.3, -0.25) is 23.9 Å². The number of nitrogens with one attached hydrogen (secondary N) is 1. The fourth-order valence-corrected chi connectivity index (χ4v) is 1.28. The SMILES string of the molecule is Cn1[nH]c(=O)c(=O)nc1S(=O)(=O)O. The molecule has 1 aromatic heterocycles. The fraction of sp³-hybridized carbons (Fsp3) is 0.250. The topological polar surface area (TPSA) is 122 Å². The minimum Gasteiger partial charge on any atom is -0.279 e. The maximum Gasteiger partial charge on any atom is 0.339 e. The Kier molecular flexibility index (Phi) is 2.05. The van der Waals surface area contributed by atoms with E-state index in [1.54, 1.807) is 0 Å². The minimum absolute atomic E-state index is 0.638. The summed E-state index contributed by atoms with van der Waals surface area (Å²) in [7, 11) is -3.47. The molecule has 0 aliphatic carbocycles. The fourth-order valence-electron chi connectivity index (χ4n) is 0.691. The van der Waals surface area contributed by atoms with Gasteiger partial charge in [0.05, 0.1) is 0 Å². The highest BCUT2D eigenvalue weighted by atomic mass is 32.2. The number of hydrogen-bond acceptors (Lipinski definition) is 5. The molecule has 0 amide bonds. The molecule has 0 aliphatic heterocycles. The van der Waals surface area contributed by atoms with Crippen molar-refractivity contribution in [3.8, 4) is 0 Å². The zero-order valence-electron chi connectivity index (χ0n) is 6.38. The van der Waals surface area contributed by atoms with Gasteiger partial charge in [0, 0.05) is 7.05 Å². The number of aromatic nitrogens is 3. The van der Waals surface area contributed by atoms with Crippen molar-refractivity contribution in [3.63, 3.8) is 0 Å². The lowest BCUT2D eigenvalue weighted by atomic mass is 10.8. The highest BCUT2D eigenvalue weighted by Gasteiger charge is 2.16. The van der Waals surface area contributed by atoms with Gasteiger partial charge in [-0.1, -0.05) is 0 Å². The third-order valence-corrected chi connectivity index (χ3v) is 2.00. The van der Waals surface area contributed by atoms with Gasteiger partial charge in [-0.2, -0.15) is 13.4 Å². The molecule has 8 nitrogen and oxygen atoms in total. The van der Waals surface area contributed by atoms with Crippen LogP contribution in [0.1, 0.15) is 0 Å². The van der Waals surface area contributed by atoms with Crippen LogP contribution in [0.2, 0.25) is 0 Å². The molecule has 0 aliphatic rings. The van der Waals surface area contributed by atoms with Gasteiger partial charge in [0.15, 0.2) is 0 Å². The normalized spacial score (nSPS) is 11.5. The molecule has 1 heterocycles. The van der Waals surface area contributed by atoms with Gasteiger partial charge in [0.2, 0.25) is 0 Å². The molecule has 0 radical (unpaired) electrons. The summed E-state index contributed by atoms with van der Waals surface area (Å²) < 4.78 is 30.2. The Hall–Kier alpha value is -1.48. The standard InChI is InChI=1S/C4H5N3O5S/c1-7-4(13(10,11)12)5-2(8)3(9)6-7/h1H3,(H,6,9)(H,10,11,12). The molecule has 72 valence electrons. The molecule has 0 fully saturated rings. The zero-order valence-corrected chi connectivity index (χ0v) is 7.20. The van der Waals surface area contributed by atoms with Crippen LogP contribution in [0.5, 0.6) is 0 Å². The number of hydrogen-bond donors (Lipinski definition) is 2. The van der Waals surface area contributed by atoms with Crippen molar-refractivity contribution in [3.05, 3.63) is 20.7 Å². The molecule has 0 atom stereocenters. The summed E-state index contributed by atoms with van der Waals surface area (Å²) in [5, 5.41) is 0.955. The molecule has 2 N–H and O–H groups in total. The van der Waals surface area contributed by atoms with Crippen LogP contribution in [0.15, 0.2) is 14.7 Å². The van der Waals surface area contributed by atoms with E-state index < -0.39 is 26.4 Å². The van der Waals surface area contributed by atoms with Crippen molar-refractivity contribution in [2.24, 2.45) is 7.05 Å². The Balaban J connectivity index is 3.70. The third-order valence-electron chi connectivity index (χ3n) is 1.18. The van der Waals surface area contributed by atoms with Crippen LogP contribution >= 0.6 is 0 Å². The maximum absolute atomic E-state index is 10.6. The summed E-state index contributed by atoms with van der Waals surface area (Å²) in [5.74, 6) is 0. The molecule has 0 spiro atoms. The predicted molar refractivity (Wildman–Crippen MR) is 39.9 cm³/mol. The number of aromatic amines is 1. The summed E-state index contributed by atoms with van der Waals surface area (Å²) in [4.78, 5) is 24.1. The first kappa shape index (κ1) is 9.61. The second-order valence-corrected chi connectivity index (χ2v) is 3.49. The number of nitrogens with zero attached hydrogens (tertiary/aromatic N) is 2. The second-order valence-electron chi connectivity index (χ2n) is 2.17. The lowest BCUT2D eigenvalue weighted by Crippen LogP contribution is -2.36. The van der Waals surface area contributed by atoms with Gasteiger partial charge in [0.25, 0.3) is 5.16 Å². The first-order valence-corrected chi connectivity index (χ1v) is 4.41. The Bertz CT molecular complexity index is 538. The van der Waals surface area contributed by atoms with Crippen molar-refractivity contribution in [1.29, 1.82) is 0 Å². The molecule has 9 heteroatoms. The van der Waals surface area contributed by atoms with E-state index in [1.165, 1.54) is 0 Å². The number of aryl methyl sites for hydroxylation is 1. The first-order valence-electron chi connectivity index (χ1n) is 2.97. The van der Waals surface area contributed by atoms with Crippen LogP contribution < -0.4 is 11.1 Å². The highest BCUT2D eigenvalue weighted by molar-refractivity contribution is 7.85. The Labute approximate surface area is 71.6 Å². The van der Waals surface area contributed by atoms with Crippen LogP contribution in [0.25, 0.3) is 0 Å². The number of H-pyrrole nitrogens is 1. The van der Waals surface area contributed by atoms with Crippen LogP contribution in [-0.4, -0.2) is 27.7 Å². The molecular formula is C4H5N3O5S. The molecule has 1 aromatic rings. The summed E-state index contributed by atoms with van der Waals surface area (Å²) in [5.41, 5.74) is -2.33. The van der Waals surface area contributed by atoms with E-state index in [1.807, 2.05) is 5.10 Å². The second kappa shape index (κ2) is 2.78. The molecule has 0 saturated carbocycles. The number of rotatable bonds is 1. The van der Waals surface area contributed by atoms with E-state index >= 15 is 0 Å². The monoisotopic (exact) mass is 207 g/mol. The van der Waals surface area contributed by atoms with Gasteiger partial charge < -0.3 is 0 Å². The molecule has 0 saturated heterocycles. The molecular weight excluding hydrogens is 202 g/mol. The average molecular weight is 207 g/mol. The third kappa shape index (κ3) is 1.81. The lowest BCUT2D eigenvalue weighted by Gasteiger charge is -2.01. The summed E-state index contributed by atoms with van der Waals surface area (Å²) in [6.07, 6.45) is 0. The Morgan fingerprint density at radius 2 is 2.00 bits per heavy atom. The molecule has 0 aromatic carbocycles. The van der Waals surface area contributed by atoms with E-state index in [-0.39, 0.29) is 0 Å². The van der Waals surface area contributed by atoms with Crippen molar-refractivity contribution in [2.45, 2.75) is 5.16 Å². The van der Waals surface area contributed by atoms with Crippen LogP contribution in [-0.2, 0) is 17.2 Å². The van der Waals surface area contributed by atoms with Gasteiger partial charge in [-0.05, 0) is 0 Å². The van der Waals surface area contributed by atoms with E-state index in [0.717, 1.165) is 7.05 Å². The Morgan fingerprint density at radius 3 is 2.46 bits per heavy atom. The van der Waals surface area contributed by atoms with Crippen LogP contribution in [0, 0.1) is 0 Å². The lowest BCUT2D eigenvalue weighted by molar-refractivity contribution is 0.452. The van der Waals surface area contributed by atoms with E-state index in [2.05, 4.69) is 4.98 Å². The van der Waals surface area contributed by atoms with Crippen LogP contribution in [0.3, 0.4) is 0 Å². The summed E-state index contributed by atoms with van der Waals surface area (Å²) in [6.45, 7) is 0. The average Bonchev–Trinajstić information content (AvgIpc) is 1.94. The van der Waals surface area contributed by atoms with E-state index in [4.69, 9.17) is 4.55 Å². The van der Waals surface area contributed by atoms with Crippen LogP contribution in [0.4, 0.5) is 0 Å². The van der Waals surface area contributed by atoms with Crippen molar-refractivity contribution >= 4 is 10.1 Å². The summed E-state index contributed by atoms with van der Waals surface area (Å²) >= 11 is 0. The van der Waals surface area contributed by atoms with Crippen molar-refractivity contribution in [1.82, 2.24) is 14.8 Å². The minimum atomic E-state index is -4.59. The summed E-state index contributed by atoms with van der Waals surface area (Å²) in [6, 6.07) is 0. The molecule has 13 heavy (non-hydrogen) atoms. The van der Waals surface area contributed by atoms with Gasteiger partial charge in [-0.15, -0.1) is 0 Å².